The van der Waals surface area contributed by atoms with Gasteiger partial charge in [0.15, 0.2) is 0 Å². The molecule has 0 saturated heterocycles. The van der Waals surface area contributed by atoms with Gasteiger partial charge in [0.2, 0.25) is 5.91 Å². The number of aryl methyl sites for hydroxylation is 1. The van der Waals surface area contributed by atoms with Gasteiger partial charge < -0.3 is 15.8 Å². The number of fused-ring (bicyclic) bond motifs is 1. The number of thiophene rings is 1. The van der Waals surface area contributed by atoms with E-state index in [4.69, 9.17) is 10.5 Å². The van der Waals surface area contributed by atoms with E-state index < -0.39 is 11.2 Å². The van der Waals surface area contributed by atoms with E-state index in [1.54, 1.807) is 0 Å². The summed E-state index contributed by atoms with van der Waals surface area (Å²) in [6, 6.07) is 17.1. The van der Waals surface area contributed by atoms with Crippen molar-refractivity contribution in [3.05, 3.63) is 76.2 Å². The molecule has 31 heavy (non-hydrogen) atoms. The smallest absolute Gasteiger partial charge is 0.341 e. The summed E-state index contributed by atoms with van der Waals surface area (Å²) in [5.74, 6) is -0.561. The topological polar surface area (TPSA) is 81.4 Å². The van der Waals surface area contributed by atoms with Crippen LogP contribution in [-0.4, -0.2) is 19.0 Å². The number of anilines is 2. The number of nitrogens with two attached hydrogens (primary N) is 1. The van der Waals surface area contributed by atoms with E-state index in [0.717, 1.165) is 41.7 Å². The number of carbonyl (C=O) groups excluding carboxylic acids is 2. The summed E-state index contributed by atoms with van der Waals surface area (Å²) >= 11 is 2.95. The Hall–Kier alpha value is -2.77. The first-order valence-corrected chi connectivity index (χ1v) is 11.9. The minimum absolute atomic E-state index is 0.170. The molecule has 5 nitrogen and oxygen atoms in total. The van der Waals surface area contributed by atoms with Crippen LogP contribution in [0.15, 0.2) is 59.5 Å². The molecule has 0 bridgehead atoms. The number of nitrogen functional groups attached to an aromatic ring is 1. The Balaban J connectivity index is 1.66. The standard InChI is InChI=1S/C24H24N2O3S2/c1-29-24(28)20-18-9-5-6-10-19(18)31-23(20)26-22(27)21(15-7-3-2-4-8-15)30-17-13-11-16(25)12-14-17/h2-4,7-8,11-14,21H,5-6,9-10,25H2,1H3,(H,26,27). The Kier molecular flexibility index (Phi) is 6.63. The van der Waals surface area contributed by atoms with Gasteiger partial charge >= 0.3 is 5.97 Å². The molecular formula is C24H24N2O3S2. The lowest BCUT2D eigenvalue weighted by Crippen LogP contribution is -2.20. The molecule has 0 fully saturated rings. The maximum absolute atomic E-state index is 13.5. The van der Waals surface area contributed by atoms with Crippen molar-refractivity contribution in [2.75, 3.05) is 18.2 Å². The Morgan fingerprint density at radius 1 is 1.06 bits per heavy atom. The van der Waals surface area contributed by atoms with Crippen LogP contribution in [0.2, 0.25) is 0 Å². The SMILES string of the molecule is COC(=O)c1c(NC(=O)C(Sc2ccc(N)cc2)c2ccccc2)sc2c1CCCC2. The van der Waals surface area contributed by atoms with E-state index in [9.17, 15) is 9.59 Å². The first-order chi connectivity index (χ1) is 15.1. The molecule has 1 aromatic heterocycles. The van der Waals surface area contributed by atoms with Crippen molar-refractivity contribution >= 4 is 45.7 Å². The summed E-state index contributed by atoms with van der Waals surface area (Å²) < 4.78 is 5.03. The molecular weight excluding hydrogens is 428 g/mol. The van der Waals surface area contributed by atoms with E-state index in [-0.39, 0.29) is 5.91 Å². The second-order valence-electron chi connectivity index (χ2n) is 7.37. The van der Waals surface area contributed by atoms with Crippen LogP contribution in [0.5, 0.6) is 0 Å². The summed E-state index contributed by atoms with van der Waals surface area (Å²) in [5, 5.41) is 3.15. The first kappa shape index (κ1) is 21.5. The van der Waals surface area contributed by atoms with Gasteiger partial charge in [0.25, 0.3) is 0 Å². The van der Waals surface area contributed by atoms with Crippen LogP contribution < -0.4 is 11.1 Å². The van der Waals surface area contributed by atoms with Gasteiger partial charge in [0.1, 0.15) is 10.3 Å². The lowest BCUT2D eigenvalue weighted by Gasteiger charge is -2.17. The van der Waals surface area contributed by atoms with Gasteiger partial charge in [0.05, 0.1) is 12.7 Å². The van der Waals surface area contributed by atoms with Crippen LogP contribution in [0.25, 0.3) is 0 Å². The molecule has 1 amide bonds. The normalized spacial score (nSPS) is 13.8. The number of ether oxygens (including phenoxy) is 1. The number of esters is 1. The molecule has 7 heteroatoms. The molecule has 0 spiro atoms. The second-order valence-corrected chi connectivity index (χ2v) is 9.66. The summed E-state index contributed by atoms with van der Waals surface area (Å²) in [5.41, 5.74) is 8.92. The molecule has 0 aliphatic heterocycles. The molecule has 1 unspecified atom stereocenters. The van der Waals surface area contributed by atoms with Crippen molar-refractivity contribution in [1.29, 1.82) is 0 Å². The third-order valence-electron chi connectivity index (χ3n) is 5.27. The molecule has 2 aromatic carbocycles. The highest BCUT2D eigenvalue weighted by Gasteiger charge is 2.29. The zero-order valence-electron chi connectivity index (χ0n) is 17.2. The third kappa shape index (κ3) is 4.78. The highest BCUT2D eigenvalue weighted by Crippen LogP contribution is 2.41. The summed E-state index contributed by atoms with van der Waals surface area (Å²) in [6.07, 6.45) is 3.92. The van der Waals surface area contributed by atoms with Crippen LogP contribution in [-0.2, 0) is 22.4 Å². The Morgan fingerprint density at radius 2 is 1.77 bits per heavy atom. The molecule has 1 aliphatic carbocycles. The maximum atomic E-state index is 13.5. The van der Waals surface area contributed by atoms with Gasteiger partial charge in [-0.15, -0.1) is 23.1 Å². The minimum Gasteiger partial charge on any atom is -0.465 e. The number of hydrogen-bond donors (Lipinski definition) is 2. The summed E-state index contributed by atoms with van der Waals surface area (Å²) in [7, 11) is 1.38. The van der Waals surface area contributed by atoms with Crippen molar-refractivity contribution < 1.29 is 14.3 Å². The average molecular weight is 453 g/mol. The fourth-order valence-corrected chi connectivity index (χ4v) is 6.04. The number of rotatable bonds is 6. The molecule has 0 saturated carbocycles. The largest absolute Gasteiger partial charge is 0.465 e. The number of amides is 1. The fraction of sp³-hybridized carbons (Fsp3) is 0.250. The Morgan fingerprint density at radius 3 is 2.48 bits per heavy atom. The van der Waals surface area contributed by atoms with Gasteiger partial charge in [-0.1, -0.05) is 30.3 Å². The predicted molar refractivity (Wildman–Crippen MR) is 127 cm³/mol. The Bertz CT molecular complexity index is 1080. The van der Waals surface area contributed by atoms with Crippen molar-refractivity contribution in [2.24, 2.45) is 0 Å². The maximum Gasteiger partial charge on any atom is 0.341 e. The predicted octanol–water partition coefficient (Wildman–Crippen LogP) is 5.47. The van der Waals surface area contributed by atoms with Crippen molar-refractivity contribution in [3.8, 4) is 0 Å². The number of methoxy groups -OCH3 is 1. The van der Waals surface area contributed by atoms with Crippen LogP contribution in [0, 0.1) is 0 Å². The van der Waals surface area contributed by atoms with Gasteiger partial charge in [-0.25, -0.2) is 4.79 Å². The van der Waals surface area contributed by atoms with Gasteiger partial charge in [-0.05, 0) is 61.1 Å². The second kappa shape index (κ2) is 9.58. The van der Waals surface area contributed by atoms with E-state index in [0.29, 0.717) is 16.3 Å². The molecule has 160 valence electrons. The zero-order chi connectivity index (χ0) is 21.8. The third-order valence-corrected chi connectivity index (χ3v) is 7.75. The molecule has 0 radical (unpaired) electrons. The number of nitrogens with one attached hydrogen (secondary N) is 1. The number of thioether (sulfide) groups is 1. The highest BCUT2D eigenvalue weighted by atomic mass is 32.2. The van der Waals surface area contributed by atoms with Gasteiger partial charge in [-0.2, -0.15) is 0 Å². The van der Waals surface area contributed by atoms with Crippen LogP contribution in [0.3, 0.4) is 0 Å². The van der Waals surface area contributed by atoms with Gasteiger partial charge in [0, 0.05) is 15.5 Å². The number of hydrogen-bond acceptors (Lipinski definition) is 6. The molecule has 3 N–H and O–H groups in total. The number of benzene rings is 2. The monoisotopic (exact) mass is 452 g/mol. The number of carbonyl (C=O) groups is 2. The van der Waals surface area contributed by atoms with Crippen molar-refractivity contribution in [1.82, 2.24) is 0 Å². The highest BCUT2D eigenvalue weighted by molar-refractivity contribution is 8.00. The Labute approximate surface area is 190 Å². The average Bonchev–Trinajstić information content (AvgIpc) is 3.16. The van der Waals surface area contributed by atoms with E-state index in [2.05, 4.69) is 5.32 Å². The van der Waals surface area contributed by atoms with Crippen molar-refractivity contribution in [3.63, 3.8) is 0 Å². The molecule has 4 rings (SSSR count). The molecule has 1 aliphatic rings. The lowest BCUT2D eigenvalue weighted by molar-refractivity contribution is -0.115. The van der Waals surface area contributed by atoms with E-state index in [1.807, 2.05) is 54.6 Å². The summed E-state index contributed by atoms with van der Waals surface area (Å²) in [4.78, 5) is 28.1. The quantitative estimate of drug-likeness (QED) is 0.295. The zero-order valence-corrected chi connectivity index (χ0v) is 18.9. The first-order valence-electron chi connectivity index (χ1n) is 10.2. The van der Waals surface area contributed by atoms with E-state index in [1.165, 1.54) is 35.1 Å². The minimum atomic E-state index is -0.477. The van der Waals surface area contributed by atoms with E-state index >= 15 is 0 Å². The van der Waals surface area contributed by atoms with Gasteiger partial charge in [-0.3, -0.25) is 4.79 Å². The molecule has 1 atom stereocenters. The van der Waals surface area contributed by atoms with Crippen LogP contribution in [0.4, 0.5) is 10.7 Å². The fourth-order valence-electron chi connectivity index (χ4n) is 3.73. The van der Waals surface area contributed by atoms with Crippen LogP contribution in [0.1, 0.15) is 44.5 Å². The molecule has 3 aromatic rings. The van der Waals surface area contributed by atoms with Crippen LogP contribution >= 0.6 is 23.1 Å². The molecule has 1 heterocycles. The lowest BCUT2D eigenvalue weighted by atomic mass is 9.95. The summed E-state index contributed by atoms with van der Waals surface area (Å²) in [6.45, 7) is 0. The van der Waals surface area contributed by atoms with Crippen molar-refractivity contribution in [2.45, 2.75) is 35.8 Å².